The van der Waals surface area contributed by atoms with E-state index < -0.39 is 0 Å². The largest absolute Gasteiger partial charge is 0.368 e. The van der Waals surface area contributed by atoms with Crippen molar-refractivity contribution in [3.63, 3.8) is 0 Å². The summed E-state index contributed by atoms with van der Waals surface area (Å²) in [5.74, 6) is -0.236. The number of nitrogens with zero attached hydrogens (tertiary/aromatic N) is 3. The van der Waals surface area contributed by atoms with Gasteiger partial charge in [-0.3, -0.25) is 14.7 Å². The molecule has 2 aliphatic carbocycles. The lowest BCUT2D eigenvalue weighted by molar-refractivity contribution is 0.0916. The molecule has 1 aromatic carbocycles. The number of fused-ring (bicyclic) bond motifs is 3. The lowest BCUT2D eigenvalue weighted by Crippen LogP contribution is -2.39. The number of amides is 2. The summed E-state index contributed by atoms with van der Waals surface area (Å²) in [4.78, 5) is 33.8. The Morgan fingerprint density at radius 2 is 1.91 bits per heavy atom. The van der Waals surface area contributed by atoms with E-state index in [0.29, 0.717) is 34.8 Å². The van der Waals surface area contributed by atoms with Crippen LogP contribution in [0.2, 0.25) is 0 Å². The number of hydrogen-bond acceptors (Lipinski definition) is 6. The molecule has 9 nitrogen and oxygen atoms in total. The zero-order chi connectivity index (χ0) is 22.5. The third-order valence-electron chi connectivity index (χ3n) is 6.26. The first kappa shape index (κ1) is 20.2. The van der Waals surface area contributed by atoms with Gasteiger partial charge < -0.3 is 16.4 Å². The number of aromatic amines is 1. The van der Waals surface area contributed by atoms with E-state index in [0.717, 1.165) is 30.4 Å². The molecular formula is C23H25N7O2. The first-order chi connectivity index (χ1) is 15.3. The van der Waals surface area contributed by atoms with Gasteiger partial charge in [0.2, 0.25) is 5.95 Å². The van der Waals surface area contributed by atoms with Crippen LogP contribution in [-0.4, -0.2) is 38.0 Å². The van der Waals surface area contributed by atoms with Gasteiger partial charge in [-0.2, -0.15) is 5.10 Å². The fraction of sp³-hybridized carbons (Fsp3) is 0.348. The molecule has 5 N–H and O–H groups in total. The van der Waals surface area contributed by atoms with Crippen LogP contribution in [0.3, 0.4) is 0 Å². The van der Waals surface area contributed by atoms with Crippen molar-refractivity contribution in [3.8, 4) is 11.4 Å². The van der Waals surface area contributed by atoms with Crippen LogP contribution < -0.4 is 16.4 Å². The highest BCUT2D eigenvalue weighted by Gasteiger charge is 2.38. The number of H-pyrrole nitrogens is 1. The van der Waals surface area contributed by atoms with Crippen LogP contribution >= 0.6 is 0 Å². The Balaban J connectivity index is 1.37. The summed E-state index contributed by atoms with van der Waals surface area (Å²) in [7, 11) is 0. The van der Waals surface area contributed by atoms with Gasteiger partial charge in [0.15, 0.2) is 5.69 Å². The molecule has 0 bridgehead atoms. The number of nitrogens with one attached hydrogen (secondary N) is 3. The standard InChI is InChI=1S/C23H25N7O2/c1-23(2)10-13-11-25-22(24)28-17(13)18-16(23)19(30-29-18)21(32)27-15-8-6-12(7-9-15)20(31)26-14-4-3-5-14/h6-9,11,14H,3-5,10H2,1-2H3,(H,26,31)(H,27,32)(H,29,30)(H2,24,25,28). The van der Waals surface area contributed by atoms with E-state index in [9.17, 15) is 9.59 Å². The molecular weight excluding hydrogens is 406 g/mol. The van der Waals surface area contributed by atoms with E-state index in [1.807, 2.05) is 0 Å². The summed E-state index contributed by atoms with van der Waals surface area (Å²) in [6.45, 7) is 4.12. The van der Waals surface area contributed by atoms with Crippen molar-refractivity contribution >= 4 is 23.5 Å². The maximum absolute atomic E-state index is 13.1. The molecule has 2 amide bonds. The predicted octanol–water partition coefficient (Wildman–Crippen LogP) is 2.82. The number of benzene rings is 1. The smallest absolute Gasteiger partial charge is 0.276 e. The van der Waals surface area contributed by atoms with Crippen LogP contribution in [0.5, 0.6) is 0 Å². The first-order valence-electron chi connectivity index (χ1n) is 10.7. The first-order valence-corrected chi connectivity index (χ1v) is 10.7. The lowest BCUT2D eigenvalue weighted by Gasteiger charge is -2.31. The molecule has 164 valence electrons. The monoisotopic (exact) mass is 431 g/mol. The van der Waals surface area contributed by atoms with Crippen LogP contribution in [0, 0.1) is 0 Å². The van der Waals surface area contributed by atoms with Crippen LogP contribution in [0.25, 0.3) is 11.4 Å². The maximum Gasteiger partial charge on any atom is 0.276 e. The van der Waals surface area contributed by atoms with Gasteiger partial charge in [0, 0.05) is 29.1 Å². The van der Waals surface area contributed by atoms with Crippen LogP contribution in [0.1, 0.15) is 65.1 Å². The fourth-order valence-electron chi connectivity index (χ4n) is 4.38. The third kappa shape index (κ3) is 3.49. The molecule has 0 atom stereocenters. The number of nitrogen functional groups attached to an aromatic ring is 1. The van der Waals surface area contributed by atoms with Crippen molar-refractivity contribution in [1.29, 1.82) is 0 Å². The highest BCUT2D eigenvalue weighted by atomic mass is 16.2. The summed E-state index contributed by atoms with van der Waals surface area (Å²) < 4.78 is 0. The molecule has 3 aromatic rings. The Morgan fingerprint density at radius 3 is 2.59 bits per heavy atom. The summed E-state index contributed by atoms with van der Waals surface area (Å²) in [5, 5.41) is 13.2. The quantitative estimate of drug-likeness (QED) is 0.501. The van der Waals surface area contributed by atoms with Crippen LogP contribution in [0.4, 0.5) is 11.6 Å². The van der Waals surface area contributed by atoms with E-state index in [4.69, 9.17) is 5.73 Å². The number of rotatable bonds is 4. The maximum atomic E-state index is 13.1. The topological polar surface area (TPSA) is 139 Å². The number of nitrogens with two attached hydrogens (primary N) is 1. The second-order valence-corrected chi connectivity index (χ2v) is 9.12. The summed E-state index contributed by atoms with van der Waals surface area (Å²) in [5.41, 5.74) is 10.1. The van der Waals surface area contributed by atoms with E-state index in [2.05, 4.69) is 44.6 Å². The van der Waals surface area contributed by atoms with Gasteiger partial charge in [-0.1, -0.05) is 13.8 Å². The number of carbonyl (C=O) groups is 2. The molecule has 0 saturated heterocycles. The van der Waals surface area contributed by atoms with Crippen molar-refractivity contribution in [3.05, 3.63) is 52.8 Å². The lowest BCUT2D eigenvalue weighted by atomic mass is 9.73. The van der Waals surface area contributed by atoms with E-state index in [1.165, 1.54) is 0 Å². The molecule has 9 heteroatoms. The number of aromatic nitrogens is 4. The van der Waals surface area contributed by atoms with E-state index >= 15 is 0 Å². The zero-order valence-corrected chi connectivity index (χ0v) is 18.0. The molecule has 0 spiro atoms. The molecule has 2 aromatic heterocycles. The minimum absolute atomic E-state index is 0.0874. The Morgan fingerprint density at radius 1 is 1.16 bits per heavy atom. The van der Waals surface area contributed by atoms with Crippen molar-refractivity contribution in [2.75, 3.05) is 11.1 Å². The minimum Gasteiger partial charge on any atom is -0.368 e. The van der Waals surface area contributed by atoms with Gasteiger partial charge in [0.25, 0.3) is 11.8 Å². The molecule has 5 rings (SSSR count). The fourth-order valence-corrected chi connectivity index (χ4v) is 4.38. The highest BCUT2D eigenvalue weighted by molar-refractivity contribution is 6.05. The van der Waals surface area contributed by atoms with Crippen LogP contribution in [-0.2, 0) is 11.8 Å². The molecule has 0 radical (unpaired) electrons. The van der Waals surface area contributed by atoms with Gasteiger partial charge in [0.1, 0.15) is 0 Å². The number of hydrogen-bond donors (Lipinski definition) is 4. The molecule has 32 heavy (non-hydrogen) atoms. The molecule has 2 heterocycles. The second-order valence-electron chi connectivity index (χ2n) is 9.12. The van der Waals surface area contributed by atoms with Crippen molar-refractivity contribution in [1.82, 2.24) is 25.5 Å². The summed E-state index contributed by atoms with van der Waals surface area (Å²) in [6, 6.07) is 7.15. The molecule has 2 aliphatic rings. The van der Waals surface area contributed by atoms with E-state index in [1.54, 1.807) is 30.5 Å². The van der Waals surface area contributed by atoms with E-state index in [-0.39, 0.29) is 29.2 Å². The zero-order valence-electron chi connectivity index (χ0n) is 18.0. The Kier molecular flexibility index (Phi) is 4.69. The summed E-state index contributed by atoms with van der Waals surface area (Å²) in [6.07, 6.45) is 5.63. The SMILES string of the molecule is CC1(C)Cc2cnc(N)nc2-c2[nH]nc(C(=O)Nc3ccc(C(=O)NC4CCC4)cc3)c21. The van der Waals surface area contributed by atoms with Gasteiger partial charge in [-0.15, -0.1) is 0 Å². The molecule has 1 saturated carbocycles. The average molecular weight is 432 g/mol. The van der Waals surface area contributed by atoms with Crippen molar-refractivity contribution in [2.45, 2.75) is 51.0 Å². The Bertz CT molecular complexity index is 1210. The minimum atomic E-state index is -0.342. The van der Waals surface area contributed by atoms with Gasteiger partial charge in [-0.25, -0.2) is 9.97 Å². The Labute approximate surface area is 185 Å². The van der Waals surface area contributed by atoms with Crippen LogP contribution in [0.15, 0.2) is 30.5 Å². The predicted molar refractivity (Wildman–Crippen MR) is 120 cm³/mol. The molecule has 0 unspecified atom stereocenters. The number of anilines is 2. The Hall–Kier alpha value is -3.75. The van der Waals surface area contributed by atoms with Gasteiger partial charge in [0.05, 0.1) is 11.4 Å². The summed E-state index contributed by atoms with van der Waals surface area (Å²) >= 11 is 0. The third-order valence-corrected chi connectivity index (χ3v) is 6.26. The van der Waals surface area contributed by atoms with Gasteiger partial charge in [-0.05, 0) is 60.9 Å². The molecule has 1 fully saturated rings. The van der Waals surface area contributed by atoms with Crippen molar-refractivity contribution < 1.29 is 9.59 Å². The normalized spacial score (nSPS) is 16.4. The average Bonchev–Trinajstić information content (AvgIpc) is 3.19. The van der Waals surface area contributed by atoms with Gasteiger partial charge >= 0.3 is 0 Å². The highest BCUT2D eigenvalue weighted by Crippen LogP contribution is 2.42. The number of carbonyl (C=O) groups excluding carboxylic acids is 2. The second kappa shape index (κ2) is 7.44. The molecule has 0 aliphatic heterocycles. The van der Waals surface area contributed by atoms with Crippen molar-refractivity contribution in [2.24, 2.45) is 0 Å².